The standard InChI is InChI=1S/C12H11F2N3O3/c1-12(7-4-6(13)2-3-8(7)14)10(19)17(5-9(15)18)11(20)16-12/h2-4H,5H2,1H3,(H2,15,18)(H,16,20)/t12-/m0/s1. The topological polar surface area (TPSA) is 92.5 Å². The van der Waals surface area contributed by atoms with E-state index in [0.717, 1.165) is 18.2 Å². The van der Waals surface area contributed by atoms with Gasteiger partial charge in [-0.1, -0.05) is 0 Å². The van der Waals surface area contributed by atoms with Gasteiger partial charge in [0.1, 0.15) is 23.7 Å². The van der Waals surface area contributed by atoms with Crippen molar-refractivity contribution in [3.63, 3.8) is 0 Å². The molecule has 1 atom stereocenters. The van der Waals surface area contributed by atoms with Crippen LogP contribution in [0.3, 0.4) is 0 Å². The Bertz CT molecular complexity index is 620. The molecule has 2 rings (SSSR count). The molecule has 0 saturated carbocycles. The van der Waals surface area contributed by atoms with Crippen LogP contribution in [-0.4, -0.2) is 29.3 Å². The van der Waals surface area contributed by atoms with Gasteiger partial charge in [-0.25, -0.2) is 13.6 Å². The highest BCUT2D eigenvalue weighted by Gasteiger charge is 2.50. The molecule has 0 aliphatic carbocycles. The summed E-state index contributed by atoms with van der Waals surface area (Å²) < 4.78 is 27.0. The monoisotopic (exact) mass is 283 g/mol. The molecule has 3 N–H and O–H groups in total. The summed E-state index contributed by atoms with van der Waals surface area (Å²) in [7, 11) is 0. The zero-order chi connectivity index (χ0) is 15.1. The molecule has 0 bridgehead atoms. The van der Waals surface area contributed by atoms with Crippen LogP contribution in [0, 0.1) is 11.6 Å². The van der Waals surface area contributed by atoms with Crippen molar-refractivity contribution in [2.24, 2.45) is 5.73 Å². The Labute approximate surface area is 112 Å². The van der Waals surface area contributed by atoms with Crippen LogP contribution >= 0.6 is 0 Å². The van der Waals surface area contributed by atoms with Crippen molar-refractivity contribution in [3.8, 4) is 0 Å². The normalized spacial score (nSPS) is 22.1. The Kier molecular flexibility index (Phi) is 3.16. The van der Waals surface area contributed by atoms with Crippen LogP contribution in [0.5, 0.6) is 0 Å². The number of hydrogen-bond acceptors (Lipinski definition) is 3. The summed E-state index contributed by atoms with van der Waals surface area (Å²) in [6.07, 6.45) is 0. The summed E-state index contributed by atoms with van der Waals surface area (Å²) in [5.41, 5.74) is 2.84. The number of benzene rings is 1. The van der Waals surface area contributed by atoms with Gasteiger partial charge >= 0.3 is 6.03 Å². The van der Waals surface area contributed by atoms with Gasteiger partial charge < -0.3 is 11.1 Å². The average molecular weight is 283 g/mol. The molecular weight excluding hydrogens is 272 g/mol. The summed E-state index contributed by atoms with van der Waals surface area (Å²) in [5.74, 6) is -3.36. The molecule has 20 heavy (non-hydrogen) atoms. The maximum absolute atomic E-state index is 13.8. The van der Waals surface area contributed by atoms with E-state index in [1.165, 1.54) is 6.92 Å². The fourth-order valence-electron chi connectivity index (χ4n) is 2.06. The van der Waals surface area contributed by atoms with E-state index in [1.54, 1.807) is 0 Å². The van der Waals surface area contributed by atoms with Crippen molar-refractivity contribution in [2.75, 3.05) is 6.54 Å². The number of hydrogen-bond donors (Lipinski definition) is 2. The maximum Gasteiger partial charge on any atom is 0.325 e. The predicted molar refractivity (Wildman–Crippen MR) is 63.1 cm³/mol. The van der Waals surface area contributed by atoms with Gasteiger partial charge in [-0.05, 0) is 25.1 Å². The first kappa shape index (κ1) is 13.9. The molecule has 4 amide bonds. The quantitative estimate of drug-likeness (QED) is 0.777. The van der Waals surface area contributed by atoms with Crippen molar-refractivity contribution in [3.05, 3.63) is 35.4 Å². The summed E-state index contributed by atoms with van der Waals surface area (Å²) in [6, 6.07) is 1.68. The van der Waals surface area contributed by atoms with Gasteiger partial charge in [0.2, 0.25) is 5.91 Å². The number of primary amides is 1. The van der Waals surface area contributed by atoms with Gasteiger partial charge in [0.05, 0.1) is 0 Å². The van der Waals surface area contributed by atoms with E-state index in [1.807, 2.05) is 0 Å². The third kappa shape index (κ3) is 2.09. The lowest BCUT2D eigenvalue weighted by Crippen LogP contribution is -2.43. The Hall–Kier alpha value is -2.51. The van der Waals surface area contributed by atoms with E-state index in [4.69, 9.17) is 5.73 Å². The van der Waals surface area contributed by atoms with Crippen molar-refractivity contribution < 1.29 is 23.2 Å². The molecule has 1 fully saturated rings. The number of imide groups is 1. The van der Waals surface area contributed by atoms with Gasteiger partial charge in [-0.2, -0.15) is 0 Å². The number of carbonyl (C=O) groups excluding carboxylic acids is 3. The van der Waals surface area contributed by atoms with Crippen LogP contribution in [0.1, 0.15) is 12.5 Å². The van der Waals surface area contributed by atoms with Gasteiger partial charge in [0.15, 0.2) is 0 Å². The van der Waals surface area contributed by atoms with Gasteiger partial charge in [-0.15, -0.1) is 0 Å². The Morgan fingerprint density at radius 1 is 1.40 bits per heavy atom. The average Bonchev–Trinajstić information content (AvgIpc) is 2.56. The lowest BCUT2D eigenvalue weighted by molar-refractivity contribution is -0.134. The fourth-order valence-corrected chi connectivity index (χ4v) is 2.06. The van der Waals surface area contributed by atoms with E-state index in [0.29, 0.717) is 4.90 Å². The Morgan fingerprint density at radius 2 is 2.05 bits per heavy atom. The summed E-state index contributed by atoms with van der Waals surface area (Å²) in [5, 5.41) is 2.24. The smallest absolute Gasteiger partial charge is 0.325 e. The van der Waals surface area contributed by atoms with Crippen LogP contribution in [0.4, 0.5) is 13.6 Å². The fraction of sp³-hybridized carbons (Fsp3) is 0.250. The minimum atomic E-state index is -1.78. The van der Waals surface area contributed by atoms with E-state index < -0.39 is 41.6 Å². The number of amides is 4. The third-order valence-corrected chi connectivity index (χ3v) is 3.06. The van der Waals surface area contributed by atoms with E-state index in [9.17, 15) is 23.2 Å². The largest absolute Gasteiger partial charge is 0.368 e. The number of nitrogens with zero attached hydrogens (tertiary/aromatic N) is 1. The van der Waals surface area contributed by atoms with Gasteiger partial charge in [0, 0.05) is 5.56 Å². The van der Waals surface area contributed by atoms with Crippen molar-refractivity contribution in [1.82, 2.24) is 10.2 Å². The zero-order valence-electron chi connectivity index (χ0n) is 10.4. The zero-order valence-corrected chi connectivity index (χ0v) is 10.4. The highest BCUT2D eigenvalue weighted by atomic mass is 19.1. The third-order valence-electron chi connectivity index (χ3n) is 3.06. The number of rotatable bonds is 3. The lowest BCUT2D eigenvalue weighted by Gasteiger charge is -2.22. The molecule has 0 spiro atoms. The van der Waals surface area contributed by atoms with Crippen molar-refractivity contribution in [1.29, 1.82) is 0 Å². The molecule has 0 unspecified atom stereocenters. The second-order valence-corrected chi connectivity index (χ2v) is 4.54. The lowest BCUT2D eigenvalue weighted by atomic mass is 9.91. The number of halogens is 2. The number of nitrogens with one attached hydrogen (secondary N) is 1. The van der Waals surface area contributed by atoms with Crippen LogP contribution in [-0.2, 0) is 15.1 Å². The molecule has 6 nitrogen and oxygen atoms in total. The number of nitrogens with two attached hydrogens (primary N) is 1. The van der Waals surface area contributed by atoms with Crippen LogP contribution in [0.15, 0.2) is 18.2 Å². The highest BCUT2D eigenvalue weighted by molar-refractivity contribution is 6.09. The van der Waals surface area contributed by atoms with Gasteiger partial charge in [0.25, 0.3) is 5.91 Å². The van der Waals surface area contributed by atoms with Crippen LogP contribution in [0.2, 0.25) is 0 Å². The molecule has 0 radical (unpaired) electrons. The molecule has 0 aromatic heterocycles. The molecule has 1 aromatic carbocycles. The van der Waals surface area contributed by atoms with E-state index in [2.05, 4.69) is 5.32 Å². The second-order valence-electron chi connectivity index (χ2n) is 4.54. The summed E-state index contributed by atoms with van der Waals surface area (Å²) in [6.45, 7) is 0.600. The van der Waals surface area contributed by atoms with Gasteiger partial charge in [-0.3, -0.25) is 14.5 Å². The van der Waals surface area contributed by atoms with Crippen molar-refractivity contribution >= 4 is 17.8 Å². The second kappa shape index (κ2) is 4.55. The Morgan fingerprint density at radius 3 is 2.65 bits per heavy atom. The summed E-state index contributed by atoms with van der Waals surface area (Å²) >= 11 is 0. The minimum Gasteiger partial charge on any atom is -0.368 e. The molecule has 1 aromatic rings. The van der Waals surface area contributed by atoms with E-state index >= 15 is 0 Å². The van der Waals surface area contributed by atoms with Crippen LogP contribution < -0.4 is 11.1 Å². The first-order valence-electron chi connectivity index (χ1n) is 5.63. The maximum atomic E-state index is 13.8. The van der Waals surface area contributed by atoms with E-state index in [-0.39, 0.29) is 5.56 Å². The summed E-state index contributed by atoms with van der Waals surface area (Å²) in [4.78, 5) is 35.2. The highest BCUT2D eigenvalue weighted by Crippen LogP contribution is 2.30. The Balaban J connectivity index is 2.46. The number of urea groups is 1. The first-order valence-corrected chi connectivity index (χ1v) is 5.63. The SMILES string of the molecule is C[C@@]1(c2cc(F)ccc2F)NC(=O)N(CC(N)=O)C1=O. The minimum absolute atomic E-state index is 0.317. The first-order chi connectivity index (χ1) is 9.25. The molecule has 1 aliphatic heterocycles. The molecule has 106 valence electrons. The predicted octanol–water partition coefficient (Wildman–Crippen LogP) is 0.217. The molecular formula is C12H11F2N3O3. The van der Waals surface area contributed by atoms with Crippen LogP contribution in [0.25, 0.3) is 0 Å². The molecule has 1 heterocycles. The molecule has 8 heteroatoms. The van der Waals surface area contributed by atoms with Crippen molar-refractivity contribution in [2.45, 2.75) is 12.5 Å². The molecule has 1 saturated heterocycles. The number of carbonyl (C=O) groups is 3. The molecule has 1 aliphatic rings.